The van der Waals surface area contributed by atoms with Crippen LogP contribution in [0.25, 0.3) is 0 Å². The summed E-state index contributed by atoms with van der Waals surface area (Å²) in [6.45, 7) is 1.62. The van der Waals surface area contributed by atoms with Crippen LogP contribution in [0, 0.1) is 6.92 Å². The fraction of sp³-hybridized carbons (Fsp3) is 0.250. The lowest BCUT2D eigenvalue weighted by Gasteiger charge is -2.11. The van der Waals surface area contributed by atoms with Crippen molar-refractivity contribution >= 4 is 31.9 Å². The Morgan fingerprint density at radius 1 is 1.15 bits per heavy atom. The molecule has 0 aliphatic carbocycles. The van der Waals surface area contributed by atoms with E-state index in [-0.39, 0.29) is 4.47 Å². The molecule has 1 aromatic rings. The molecule has 0 N–H and O–H groups in total. The van der Waals surface area contributed by atoms with Crippen LogP contribution < -0.4 is 0 Å². The van der Waals surface area contributed by atoms with Crippen molar-refractivity contribution in [1.29, 1.82) is 0 Å². The van der Waals surface area contributed by atoms with Crippen LogP contribution in [0.2, 0.25) is 0 Å². The van der Waals surface area contributed by atoms with E-state index in [0.29, 0.717) is 10.0 Å². The van der Waals surface area contributed by atoms with Crippen molar-refractivity contribution in [3.05, 3.63) is 32.2 Å². The third-order valence-corrected chi connectivity index (χ3v) is 3.49. The molecule has 0 nitrogen and oxygen atoms in total. The number of aryl methyl sites for hydroxylation is 1. The van der Waals surface area contributed by atoms with Gasteiger partial charge in [0.2, 0.25) is 0 Å². The van der Waals surface area contributed by atoms with Crippen LogP contribution in [0.5, 0.6) is 0 Å². The minimum Gasteiger partial charge on any atom is -0.166 e. The summed E-state index contributed by atoms with van der Waals surface area (Å²) < 4.78 is 37.5. The van der Waals surface area contributed by atoms with Gasteiger partial charge in [-0.25, -0.2) is 0 Å². The summed E-state index contributed by atoms with van der Waals surface area (Å²) in [5, 5.41) is 0. The number of alkyl halides is 3. The molecule has 1 rings (SSSR count). The van der Waals surface area contributed by atoms with E-state index in [1.807, 2.05) is 0 Å². The average Bonchev–Trinajstić information content (AvgIpc) is 1.94. The zero-order valence-corrected chi connectivity index (χ0v) is 9.72. The number of rotatable bonds is 0. The summed E-state index contributed by atoms with van der Waals surface area (Å²) >= 11 is 5.93. The van der Waals surface area contributed by atoms with Crippen LogP contribution in [0.1, 0.15) is 11.1 Å². The molecule has 0 unspecified atom stereocenters. The Balaban J connectivity index is 3.37. The SMILES string of the molecule is Cc1cc(Br)c(Br)c(C(F)(F)F)c1. The van der Waals surface area contributed by atoms with Crippen molar-refractivity contribution in [1.82, 2.24) is 0 Å². The van der Waals surface area contributed by atoms with Gasteiger partial charge in [-0.1, -0.05) is 0 Å². The normalized spacial score (nSPS) is 11.8. The largest absolute Gasteiger partial charge is 0.417 e. The Morgan fingerprint density at radius 2 is 1.69 bits per heavy atom. The third kappa shape index (κ3) is 2.47. The van der Waals surface area contributed by atoms with Crippen molar-refractivity contribution in [2.45, 2.75) is 13.1 Å². The molecule has 13 heavy (non-hydrogen) atoms. The molecule has 0 bridgehead atoms. The van der Waals surface area contributed by atoms with E-state index in [9.17, 15) is 13.2 Å². The number of benzene rings is 1. The lowest BCUT2D eigenvalue weighted by Crippen LogP contribution is -2.06. The number of hydrogen-bond acceptors (Lipinski definition) is 0. The fourth-order valence-corrected chi connectivity index (χ4v) is 1.96. The van der Waals surface area contributed by atoms with Gasteiger partial charge in [0.25, 0.3) is 0 Å². The summed E-state index contributed by atoms with van der Waals surface area (Å²) in [4.78, 5) is 0. The molecule has 0 aromatic heterocycles. The van der Waals surface area contributed by atoms with Gasteiger partial charge in [-0.3, -0.25) is 0 Å². The maximum Gasteiger partial charge on any atom is 0.417 e. The van der Waals surface area contributed by atoms with Gasteiger partial charge < -0.3 is 0 Å². The van der Waals surface area contributed by atoms with Crippen molar-refractivity contribution in [3.8, 4) is 0 Å². The highest BCUT2D eigenvalue weighted by Gasteiger charge is 2.33. The standard InChI is InChI=1S/C8H5Br2F3/c1-4-2-5(8(11,12)13)7(10)6(9)3-4/h2-3H,1H3. The average molecular weight is 318 g/mol. The molecule has 1 aromatic carbocycles. The Kier molecular flexibility index (Phi) is 3.07. The van der Waals surface area contributed by atoms with E-state index in [0.717, 1.165) is 6.07 Å². The first kappa shape index (κ1) is 11.0. The maximum atomic E-state index is 12.4. The van der Waals surface area contributed by atoms with Gasteiger partial charge in [0.15, 0.2) is 0 Å². The topological polar surface area (TPSA) is 0 Å². The van der Waals surface area contributed by atoms with Gasteiger partial charge >= 0.3 is 6.18 Å². The van der Waals surface area contributed by atoms with E-state index in [1.54, 1.807) is 13.0 Å². The molecule has 0 fully saturated rings. The van der Waals surface area contributed by atoms with Gasteiger partial charge in [-0.15, -0.1) is 0 Å². The monoisotopic (exact) mass is 316 g/mol. The lowest BCUT2D eigenvalue weighted by atomic mass is 10.1. The zero-order chi connectivity index (χ0) is 10.2. The highest BCUT2D eigenvalue weighted by atomic mass is 79.9. The summed E-state index contributed by atoms with van der Waals surface area (Å²) in [7, 11) is 0. The van der Waals surface area contributed by atoms with E-state index in [1.165, 1.54) is 0 Å². The molecular weight excluding hydrogens is 313 g/mol. The van der Waals surface area contributed by atoms with Crippen LogP contribution in [-0.2, 0) is 6.18 Å². The summed E-state index contributed by atoms with van der Waals surface area (Å²) in [5.41, 5.74) is -0.0817. The molecule has 0 aliphatic rings. The van der Waals surface area contributed by atoms with Gasteiger partial charge in [0, 0.05) is 8.95 Å². The molecule has 0 radical (unpaired) electrons. The van der Waals surface area contributed by atoms with Gasteiger partial charge in [-0.05, 0) is 56.5 Å². The summed E-state index contributed by atoms with van der Waals surface area (Å²) in [6.07, 6.45) is -4.31. The Hall–Kier alpha value is -0.0300. The second kappa shape index (κ2) is 3.61. The van der Waals surface area contributed by atoms with E-state index >= 15 is 0 Å². The van der Waals surface area contributed by atoms with E-state index < -0.39 is 11.7 Å². The molecule has 0 atom stereocenters. The highest BCUT2D eigenvalue weighted by molar-refractivity contribution is 9.13. The van der Waals surface area contributed by atoms with E-state index in [2.05, 4.69) is 31.9 Å². The Bertz CT molecular complexity index is 331. The van der Waals surface area contributed by atoms with Crippen molar-refractivity contribution < 1.29 is 13.2 Å². The highest BCUT2D eigenvalue weighted by Crippen LogP contribution is 2.39. The summed E-state index contributed by atoms with van der Waals surface area (Å²) in [6, 6.07) is 2.73. The molecule has 0 heterocycles. The summed E-state index contributed by atoms with van der Waals surface area (Å²) in [5.74, 6) is 0. The van der Waals surface area contributed by atoms with Gasteiger partial charge in [0.05, 0.1) is 5.56 Å². The zero-order valence-electron chi connectivity index (χ0n) is 6.54. The van der Waals surface area contributed by atoms with Crippen molar-refractivity contribution in [3.63, 3.8) is 0 Å². The molecule has 72 valence electrons. The minimum atomic E-state index is -4.31. The van der Waals surface area contributed by atoms with Gasteiger partial charge in [-0.2, -0.15) is 13.2 Å². The molecule has 0 aliphatic heterocycles. The molecule has 0 saturated carbocycles. The van der Waals surface area contributed by atoms with Crippen LogP contribution >= 0.6 is 31.9 Å². The Labute approximate surface area is 90.4 Å². The molecule has 0 saturated heterocycles. The first-order chi connectivity index (χ1) is 5.82. The smallest absolute Gasteiger partial charge is 0.166 e. The number of halogens is 5. The van der Waals surface area contributed by atoms with Crippen LogP contribution in [0.4, 0.5) is 13.2 Å². The fourth-order valence-electron chi connectivity index (χ4n) is 0.931. The quantitative estimate of drug-likeness (QED) is 0.659. The van der Waals surface area contributed by atoms with Crippen molar-refractivity contribution in [2.24, 2.45) is 0 Å². The first-order valence-corrected chi connectivity index (χ1v) is 4.94. The third-order valence-electron chi connectivity index (χ3n) is 1.48. The predicted molar refractivity (Wildman–Crippen MR) is 51.6 cm³/mol. The maximum absolute atomic E-state index is 12.4. The van der Waals surface area contributed by atoms with Gasteiger partial charge in [0.1, 0.15) is 0 Å². The molecular formula is C8H5Br2F3. The van der Waals surface area contributed by atoms with Crippen LogP contribution in [0.3, 0.4) is 0 Å². The predicted octanol–water partition coefficient (Wildman–Crippen LogP) is 4.54. The van der Waals surface area contributed by atoms with Crippen LogP contribution in [0.15, 0.2) is 21.1 Å². The second-order valence-electron chi connectivity index (χ2n) is 2.61. The molecule has 5 heteroatoms. The Morgan fingerprint density at radius 3 is 2.15 bits per heavy atom. The minimum absolute atomic E-state index is 0.0469. The molecule has 0 amide bonds. The van der Waals surface area contributed by atoms with Crippen LogP contribution in [-0.4, -0.2) is 0 Å². The number of hydrogen-bond donors (Lipinski definition) is 0. The molecule has 0 spiro atoms. The van der Waals surface area contributed by atoms with Crippen molar-refractivity contribution in [2.75, 3.05) is 0 Å². The van der Waals surface area contributed by atoms with E-state index in [4.69, 9.17) is 0 Å². The lowest BCUT2D eigenvalue weighted by molar-refractivity contribution is -0.138. The second-order valence-corrected chi connectivity index (χ2v) is 4.25. The first-order valence-electron chi connectivity index (χ1n) is 3.35.